The standard InChI is InChI=1S/C23H28N4O3/c1-17-7-9-19(10-8-17)27-16-18(15-22(27)28)24-23(29)26-13-11-25(12-14-26)20-5-3-4-6-21(20)30-2/h3-10,18H,11-16H2,1-2H3,(H,24,29)/t18-/m1/s1. The lowest BCUT2D eigenvalue weighted by molar-refractivity contribution is -0.117. The molecule has 2 heterocycles. The van der Waals surface area contributed by atoms with E-state index < -0.39 is 0 Å². The van der Waals surface area contributed by atoms with Crippen LogP contribution in [0.15, 0.2) is 48.5 Å². The van der Waals surface area contributed by atoms with Crippen LogP contribution in [0.3, 0.4) is 0 Å². The lowest BCUT2D eigenvalue weighted by Crippen LogP contribution is -2.54. The van der Waals surface area contributed by atoms with Crippen molar-refractivity contribution in [3.63, 3.8) is 0 Å². The average molecular weight is 409 g/mol. The SMILES string of the molecule is COc1ccccc1N1CCN(C(=O)N[C@@H]2CC(=O)N(c3ccc(C)cc3)C2)CC1. The van der Waals surface area contributed by atoms with Gasteiger partial charge < -0.3 is 24.8 Å². The van der Waals surface area contributed by atoms with Gasteiger partial charge in [0.05, 0.1) is 18.8 Å². The molecule has 1 N–H and O–H groups in total. The Balaban J connectivity index is 1.31. The number of aryl methyl sites for hydroxylation is 1. The number of hydrogen-bond acceptors (Lipinski definition) is 4. The summed E-state index contributed by atoms with van der Waals surface area (Å²) in [5.41, 5.74) is 3.09. The maximum absolute atomic E-state index is 12.8. The number of carbonyl (C=O) groups is 2. The first kappa shape index (κ1) is 20.1. The number of methoxy groups -OCH3 is 1. The van der Waals surface area contributed by atoms with Crippen molar-refractivity contribution < 1.29 is 14.3 Å². The first-order chi connectivity index (χ1) is 14.5. The van der Waals surface area contributed by atoms with Crippen LogP contribution in [0.4, 0.5) is 16.2 Å². The summed E-state index contributed by atoms with van der Waals surface area (Å²) in [6, 6.07) is 15.6. The highest BCUT2D eigenvalue weighted by Crippen LogP contribution is 2.28. The number of urea groups is 1. The van der Waals surface area contributed by atoms with Gasteiger partial charge in [0.2, 0.25) is 5.91 Å². The molecule has 0 aliphatic carbocycles. The van der Waals surface area contributed by atoms with E-state index in [9.17, 15) is 9.59 Å². The first-order valence-electron chi connectivity index (χ1n) is 10.4. The number of carbonyl (C=O) groups excluding carboxylic acids is 2. The third-order valence-electron chi connectivity index (χ3n) is 5.79. The Bertz CT molecular complexity index is 907. The molecule has 2 aliphatic heterocycles. The Hall–Kier alpha value is -3.22. The molecule has 1 atom stereocenters. The molecule has 0 bridgehead atoms. The highest BCUT2D eigenvalue weighted by molar-refractivity contribution is 5.96. The molecular weight excluding hydrogens is 380 g/mol. The summed E-state index contributed by atoms with van der Waals surface area (Å²) in [5, 5.41) is 3.05. The van der Waals surface area contributed by atoms with E-state index in [1.807, 2.05) is 60.4 Å². The van der Waals surface area contributed by atoms with E-state index in [1.54, 1.807) is 12.0 Å². The maximum Gasteiger partial charge on any atom is 0.317 e. The molecule has 2 aromatic carbocycles. The summed E-state index contributed by atoms with van der Waals surface area (Å²) in [4.78, 5) is 31.0. The van der Waals surface area contributed by atoms with Crippen LogP contribution in [0.2, 0.25) is 0 Å². The van der Waals surface area contributed by atoms with Crippen LogP contribution in [0.25, 0.3) is 0 Å². The number of benzene rings is 2. The van der Waals surface area contributed by atoms with E-state index >= 15 is 0 Å². The summed E-state index contributed by atoms with van der Waals surface area (Å²) in [7, 11) is 1.67. The first-order valence-corrected chi connectivity index (χ1v) is 10.4. The van der Waals surface area contributed by atoms with Crippen molar-refractivity contribution in [2.75, 3.05) is 49.6 Å². The van der Waals surface area contributed by atoms with Gasteiger partial charge in [-0.25, -0.2) is 4.79 Å². The van der Waals surface area contributed by atoms with Crippen molar-refractivity contribution in [2.24, 2.45) is 0 Å². The molecule has 7 heteroatoms. The van der Waals surface area contributed by atoms with Gasteiger partial charge in [0.1, 0.15) is 5.75 Å². The van der Waals surface area contributed by atoms with Crippen LogP contribution in [0, 0.1) is 6.92 Å². The fourth-order valence-electron chi connectivity index (χ4n) is 4.09. The normalized spacial score (nSPS) is 19.2. The molecule has 7 nitrogen and oxygen atoms in total. The lowest BCUT2D eigenvalue weighted by Gasteiger charge is -2.37. The van der Waals surface area contributed by atoms with Gasteiger partial charge in [-0.1, -0.05) is 29.8 Å². The number of rotatable bonds is 4. The number of hydrogen-bond donors (Lipinski definition) is 1. The molecule has 4 rings (SSSR count). The van der Waals surface area contributed by atoms with Crippen molar-refractivity contribution in [1.82, 2.24) is 10.2 Å². The Kier molecular flexibility index (Phi) is 5.79. The number of amides is 3. The smallest absolute Gasteiger partial charge is 0.317 e. The fourth-order valence-corrected chi connectivity index (χ4v) is 4.09. The average Bonchev–Trinajstić information content (AvgIpc) is 3.14. The molecule has 2 aliphatic rings. The van der Waals surface area contributed by atoms with Gasteiger partial charge in [0.15, 0.2) is 0 Å². The highest BCUT2D eigenvalue weighted by atomic mass is 16.5. The molecule has 3 amide bonds. The molecule has 0 saturated carbocycles. The van der Waals surface area contributed by atoms with Crippen molar-refractivity contribution >= 4 is 23.3 Å². The maximum atomic E-state index is 12.8. The Labute approximate surface area is 177 Å². The molecule has 0 spiro atoms. The minimum atomic E-state index is -0.168. The summed E-state index contributed by atoms with van der Waals surface area (Å²) < 4.78 is 5.45. The molecule has 0 unspecified atom stereocenters. The van der Waals surface area contributed by atoms with Gasteiger partial charge >= 0.3 is 6.03 Å². The predicted octanol–water partition coefficient (Wildman–Crippen LogP) is 2.64. The molecule has 2 aromatic rings. The van der Waals surface area contributed by atoms with Crippen LogP contribution in [0.1, 0.15) is 12.0 Å². The molecule has 2 saturated heterocycles. The van der Waals surface area contributed by atoms with Gasteiger partial charge in [-0.05, 0) is 31.2 Å². The van der Waals surface area contributed by atoms with E-state index in [0.717, 1.165) is 35.8 Å². The van der Waals surface area contributed by atoms with Gasteiger partial charge in [-0.3, -0.25) is 4.79 Å². The van der Waals surface area contributed by atoms with Crippen molar-refractivity contribution in [2.45, 2.75) is 19.4 Å². The monoisotopic (exact) mass is 408 g/mol. The van der Waals surface area contributed by atoms with Crippen LogP contribution >= 0.6 is 0 Å². The van der Waals surface area contributed by atoms with Crippen molar-refractivity contribution in [3.05, 3.63) is 54.1 Å². The minimum absolute atomic E-state index is 0.0464. The zero-order chi connectivity index (χ0) is 21.1. The third kappa shape index (κ3) is 4.20. The molecular formula is C23H28N4O3. The second-order valence-electron chi connectivity index (χ2n) is 7.84. The number of para-hydroxylation sites is 2. The topological polar surface area (TPSA) is 65.1 Å². The molecule has 2 fully saturated rings. The second kappa shape index (κ2) is 8.65. The van der Waals surface area contributed by atoms with Gasteiger partial charge in [0, 0.05) is 44.8 Å². The van der Waals surface area contributed by atoms with Crippen molar-refractivity contribution in [1.29, 1.82) is 0 Å². The zero-order valence-electron chi connectivity index (χ0n) is 17.5. The van der Waals surface area contributed by atoms with Crippen LogP contribution in [-0.4, -0.2) is 62.7 Å². The van der Waals surface area contributed by atoms with Crippen LogP contribution < -0.4 is 19.9 Å². The predicted molar refractivity (Wildman–Crippen MR) is 117 cm³/mol. The molecule has 30 heavy (non-hydrogen) atoms. The largest absolute Gasteiger partial charge is 0.495 e. The highest BCUT2D eigenvalue weighted by Gasteiger charge is 2.33. The number of ether oxygens (including phenoxy) is 1. The Morgan fingerprint density at radius 1 is 1.03 bits per heavy atom. The number of nitrogens with one attached hydrogen (secondary N) is 1. The Morgan fingerprint density at radius 2 is 1.73 bits per heavy atom. The summed E-state index contributed by atoms with van der Waals surface area (Å²) >= 11 is 0. The minimum Gasteiger partial charge on any atom is -0.495 e. The second-order valence-corrected chi connectivity index (χ2v) is 7.84. The fraction of sp³-hybridized carbons (Fsp3) is 0.391. The third-order valence-corrected chi connectivity index (χ3v) is 5.79. The van der Waals surface area contributed by atoms with E-state index in [2.05, 4.69) is 10.2 Å². The van der Waals surface area contributed by atoms with Gasteiger partial charge in [-0.2, -0.15) is 0 Å². The molecule has 158 valence electrons. The van der Waals surface area contributed by atoms with E-state index in [-0.39, 0.29) is 18.0 Å². The summed E-state index contributed by atoms with van der Waals surface area (Å²) in [6.45, 7) is 5.28. The quantitative estimate of drug-likeness (QED) is 0.845. The van der Waals surface area contributed by atoms with Crippen LogP contribution in [-0.2, 0) is 4.79 Å². The molecule has 0 radical (unpaired) electrons. The molecule has 0 aromatic heterocycles. The van der Waals surface area contributed by atoms with Crippen LogP contribution in [0.5, 0.6) is 5.75 Å². The zero-order valence-corrected chi connectivity index (χ0v) is 17.5. The summed E-state index contributed by atoms with van der Waals surface area (Å²) in [6.07, 6.45) is 0.334. The lowest BCUT2D eigenvalue weighted by atomic mass is 10.2. The van der Waals surface area contributed by atoms with E-state index in [1.165, 1.54) is 0 Å². The van der Waals surface area contributed by atoms with Gasteiger partial charge in [0.25, 0.3) is 0 Å². The number of anilines is 2. The number of piperazine rings is 1. The van der Waals surface area contributed by atoms with Crippen molar-refractivity contribution in [3.8, 4) is 5.75 Å². The Morgan fingerprint density at radius 3 is 2.43 bits per heavy atom. The van der Waals surface area contributed by atoms with E-state index in [0.29, 0.717) is 26.1 Å². The summed E-state index contributed by atoms with van der Waals surface area (Å²) in [5.74, 6) is 0.890. The number of nitrogens with zero attached hydrogens (tertiary/aromatic N) is 3. The van der Waals surface area contributed by atoms with Gasteiger partial charge in [-0.15, -0.1) is 0 Å². The van der Waals surface area contributed by atoms with E-state index in [4.69, 9.17) is 4.74 Å².